The van der Waals surface area contributed by atoms with Crippen LogP contribution in [0.5, 0.6) is 0 Å². The summed E-state index contributed by atoms with van der Waals surface area (Å²) in [5.41, 5.74) is -4.71. The van der Waals surface area contributed by atoms with E-state index in [0.29, 0.717) is 0 Å². The summed E-state index contributed by atoms with van der Waals surface area (Å²) in [4.78, 5) is 106. The van der Waals surface area contributed by atoms with Gasteiger partial charge < -0.3 is 94.2 Å². The first-order valence-electron chi connectivity index (χ1n) is 26.7. The van der Waals surface area contributed by atoms with Crippen LogP contribution in [-0.4, -0.2) is 185 Å². The fraction of sp³-hybridized carbons (Fsp3) is 0.846. The minimum Gasteiger partial charge on any atom is -0.455 e. The van der Waals surface area contributed by atoms with Crippen molar-refractivity contribution in [2.24, 2.45) is 0 Å². The molecular weight excluding hydrogens is 1040 g/mol. The number of alkyl carbamates (subject to hydrolysis) is 5. The molecule has 2 heterocycles. The third-order valence-corrected chi connectivity index (χ3v) is 11.4. The van der Waals surface area contributed by atoms with E-state index in [2.05, 4.69) is 31.9 Å². The number of aliphatic hydroxyl groups is 2. The molecule has 0 radical (unpaired) electrons. The molecule has 0 aromatic carbocycles. The Hall–Kier alpha value is -5.48. The predicted octanol–water partition coefficient (Wildman–Crippen LogP) is 3.99. The van der Waals surface area contributed by atoms with Gasteiger partial charge in [-0.1, -0.05) is 6.92 Å². The molecule has 6 unspecified atom stereocenters. The highest BCUT2D eigenvalue weighted by molar-refractivity contribution is 5.84. The zero-order valence-corrected chi connectivity index (χ0v) is 49.2. The molecular formula is C52H90N6O21. The number of hydrogen-bond donors (Lipinski definition) is 8. The molecule has 454 valence electrons. The molecule has 8 N–H and O–H groups in total. The van der Waals surface area contributed by atoms with Crippen LogP contribution in [-0.2, 0) is 66.5 Å². The zero-order valence-electron chi connectivity index (χ0n) is 49.2. The maximum absolute atomic E-state index is 14.5. The minimum absolute atomic E-state index is 0.0950. The van der Waals surface area contributed by atoms with E-state index in [1.54, 1.807) is 111 Å². The van der Waals surface area contributed by atoms with Gasteiger partial charge in [0, 0.05) is 33.4 Å². The summed E-state index contributed by atoms with van der Waals surface area (Å²) in [6.07, 6.45) is -20.0. The van der Waals surface area contributed by atoms with Crippen LogP contribution in [0.2, 0.25) is 0 Å². The average molecular weight is 1140 g/mol. The highest BCUT2D eigenvalue weighted by atomic mass is 16.7. The maximum atomic E-state index is 14.5. The number of rotatable bonds is 17. The number of ether oxygens (including phenoxy) is 11. The van der Waals surface area contributed by atoms with Crippen molar-refractivity contribution in [1.82, 2.24) is 31.9 Å². The van der Waals surface area contributed by atoms with E-state index < -0.39 is 168 Å². The molecule has 0 aromatic rings. The van der Waals surface area contributed by atoms with E-state index >= 15 is 0 Å². The van der Waals surface area contributed by atoms with Gasteiger partial charge in [0.05, 0.1) is 30.3 Å². The van der Waals surface area contributed by atoms with Gasteiger partial charge in [-0.3, -0.25) is 14.4 Å². The molecule has 0 bridgehead atoms. The number of aliphatic hydroxyl groups excluding tert-OH is 2. The van der Waals surface area contributed by atoms with Crippen molar-refractivity contribution >= 4 is 48.3 Å². The highest BCUT2D eigenvalue weighted by Crippen LogP contribution is 2.35. The fourth-order valence-electron chi connectivity index (χ4n) is 8.49. The Morgan fingerprint density at radius 2 is 0.987 bits per heavy atom. The smallest absolute Gasteiger partial charge is 0.408 e. The molecule has 14 atom stereocenters. The first-order chi connectivity index (χ1) is 36.1. The van der Waals surface area contributed by atoms with Crippen LogP contribution in [0, 0.1) is 0 Å². The van der Waals surface area contributed by atoms with E-state index in [-0.39, 0.29) is 38.8 Å². The van der Waals surface area contributed by atoms with Gasteiger partial charge in [-0.25, -0.2) is 24.0 Å². The molecule has 2 aliphatic heterocycles. The Bertz CT molecular complexity index is 2080. The van der Waals surface area contributed by atoms with Crippen molar-refractivity contribution in [3.8, 4) is 0 Å². The number of amides is 6. The second-order valence-corrected chi connectivity index (χ2v) is 24.6. The molecule has 27 heteroatoms. The van der Waals surface area contributed by atoms with Gasteiger partial charge >= 0.3 is 42.4 Å². The molecule has 1 saturated carbocycles. The van der Waals surface area contributed by atoms with Gasteiger partial charge in [0.25, 0.3) is 5.91 Å². The number of nitrogens with one attached hydrogen (secondary N) is 6. The summed E-state index contributed by atoms with van der Waals surface area (Å²) in [6.45, 7) is 28.1. The predicted molar refractivity (Wildman–Crippen MR) is 279 cm³/mol. The van der Waals surface area contributed by atoms with Crippen LogP contribution in [0.4, 0.5) is 24.0 Å². The lowest BCUT2D eigenvalue weighted by atomic mass is 9.83. The molecule has 27 nitrogen and oxygen atoms in total. The quantitative estimate of drug-likeness (QED) is 0.0754. The normalized spacial score (nSPS) is 28.0. The van der Waals surface area contributed by atoms with E-state index in [1.807, 2.05) is 0 Å². The largest absolute Gasteiger partial charge is 0.455 e. The van der Waals surface area contributed by atoms with Gasteiger partial charge in [-0.15, -0.1) is 0 Å². The highest BCUT2D eigenvalue weighted by Gasteiger charge is 2.55. The Morgan fingerprint density at radius 3 is 1.47 bits per heavy atom. The Kier molecular flexibility index (Phi) is 24.3. The molecule has 3 fully saturated rings. The zero-order chi connectivity index (χ0) is 60.2. The lowest BCUT2D eigenvalue weighted by molar-refractivity contribution is -0.315. The van der Waals surface area contributed by atoms with Gasteiger partial charge in [0.15, 0.2) is 24.8 Å². The summed E-state index contributed by atoms with van der Waals surface area (Å²) in [5, 5.41) is 40.6. The summed E-state index contributed by atoms with van der Waals surface area (Å²) in [7, 11) is 0. The van der Waals surface area contributed by atoms with Crippen molar-refractivity contribution in [3.05, 3.63) is 0 Å². The van der Waals surface area contributed by atoms with Crippen molar-refractivity contribution in [2.45, 2.75) is 270 Å². The number of carbonyl (C=O) groups is 8. The van der Waals surface area contributed by atoms with Crippen molar-refractivity contribution in [3.63, 3.8) is 0 Å². The maximum Gasteiger partial charge on any atom is 0.408 e. The molecule has 3 rings (SSSR count). The first kappa shape index (κ1) is 67.8. The van der Waals surface area contributed by atoms with Crippen LogP contribution in [0.1, 0.15) is 157 Å². The summed E-state index contributed by atoms with van der Waals surface area (Å²) < 4.78 is 64.6. The van der Waals surface area contributed by atoms with Crippen molar-refractivity contribution < 1.29 is 101 Å². The fourth-order valence-corrected chi connectivity index (χ4v) is 8.49. The average Bonchev–Trinajstić information content (AvgIpc) is 3.24. The van der Waals surface area contributed by atoms with Gasteiger partial charge in [-0.2, -0.15) is 0 Å². The van der Waals surface area contributed by atoms with Gasteiger partial charge in [0.2, 0.25) is 0 Å². The lowest BCUT2D eigenvalue weighted by Crippen LogP contribution is -2.70. The summed E-state index contributed by atoms with van der Waals surface area (Å²) in [5.74, 6) is -2.75. The third-order valence-electron chi connectivity index (χ3n) is 11.4. The molecule has 1 aliphatic carbocycles. The summed E-state index contributed by atoms with van der Waals surface area (Å²) >= 11 is 0. The molecule has 0 aromatic heterocycles. The number of esters is 2. The monoisotopic (exact) mass is 1130 g/mol. The van der Waals surface area contributed by atoms with Gasteiger partial charge in [-0.05, 0) is 130 Å². The molecule has 2 saturated heterocycles. The van der Waals surface area contributed by atoms with E-state index in [9.17, 15) is 48.6 Å². The van der Waals surface area contributed by atoms with Crippen molar-refractivity contribution in [1.29, 1.82) is 0 Å². The molecule has 6 amide bonds. The topological polar surface area (TPSA) is 351 Å². The van der Waals surface area contributed by atoms with Crippen LogP contribution < -0.4 is 31.9 Å². The molecule has 3 aliphatic rings. The number of carbonyl (C=O) groups excluding carboxylic acids is 8. The van der Waals surface area contributed by atoms with E-state index in [1.165, 1.54) is 0 Å². The Labute approximate surface area is 463 Å². The first-order valence-corrected chi connectivity index (χ1v) is 26.7. The van der Waals surface area contributed by atoms with Crippen LogP contribution >= 0.6 is 0 Å². The number of hydrogen-bond acceptors (Lipinski definition) is 21. The second-order valence-electron chi connectivity index (χ2n) is 24.6. The Morgan fingerprint density at radius 1 is 0.532 bits per heavy atom. The van der Waals surface area contributed by atoms with E-state index in [0.717, 1.165) is 13.8 Å². The lowest BCUT2D eigenvalue weighted by Gasteiger charge is -2.50. The SMILES string of the molecule is CCC1O[C@H](O[C@@H]2C(O)C(O[C@H]3OC(CNC(=O)OC(C)(C)C)CCC3NC(=O)OC(C)(C)C)[C@@H](NC(=O)OC(C)(C)C)C[C@H]2NC(=O)[C@H](CCNC(=O)OC(C)(C)C)OC(C)=O)C(OC(C)=O)[C@@H](NC(=O)OC(C)(C)C)[C@@H]1O. The van der Waals surface area contributed by atoms with Crippen LogP contribution in [0.25, 0.3) is 0 Å². The summed E-state index contributed by atoms with van der Waals surface area (Å²) in [6, 6.07) is -5.29. The van der Waals surface area contributed by atoms with Gasteiger partial charge in [0.1, 0.15) is 58.5 Å². The third kappa shape index (κ3) is 24.4. The minimum atomic E-state index is -2.00. The second kappa shape index (κ2) is 28.3. The van der Waals surface area contributed by atoms with Crippen molar-refractivity contribution in [2.75, 3.05) is 13.1 Å². The molecule has 79 heavy (non-hydrogen) atoms. The van der Waals surface area contributed by atoms with Crippen LogP contribution in [0.3, 0.4) is 0 Å². The van der Waals surface area contributed by atoms with Crippen LogP contribution in [0.15, 0.2) is 0 Å². The van der Waals surface area contributed by atoms with E-state index in [4.69, 9.17) is 52.1 Å². The molecule has 0 spiro atoms. The standard InChI is InChI=1S/C52H90N6O21/c1-19-32-35(61)34(58-47(68)79-52(16,17)18)39(70-27(3)60)42(72-32)74-37-30(55-40(63)33(69-26(2)59)22-23-53-43(64)75-48(4,5)6)24-31(57-46(67)78-51(13,14)15)38(36(37)62)73-41-29(56-45(66)77-50(10,11)12)21-20-28(71-41)25-54-44(65)76-49(7,8)9/h28-39,41-42,61-62H,19-25H2,1-18H3,(H,53,64)(H,54,65)(H,55,63)(H,56,66)(H,57,67)(H,58,68)/t28?,29?,30-,31+,32?,33+,34+,35-,36?,37+,38?,39?,41-,42-/m1/s1. The Balaban J connectivity index is 2.26.